The lowest BCUT2D eigenvalue weighted by Gasteiger charge is -2.30. The van der Waals surface area contributed by atoms with E-state index in [1.807, 2.05) is 58.0 Å². The molecule has 0 saturated heterocycles. The predicted molar refractivity (Wildman–Crippen MR) is 121 cm³/mol. The van der Waals surface area contributed by atoms with Crippen LogP contribution in [-0.2, 0) is 21.4 Å². The van der Waals surface area contributed by atoms with Gasteiger partial charge in [-0.05, 0) is 75.1 Å². The second-order valence-corrected chi connectivity index (χ2v) is 9.64. The molecule has 0 spiro atoms. The number of nitrogens with one attached hydrogen (secondary N) is 1. The van der Waals surface area contributed by atoms with Gasteiger partial charge in [0.2, 0.25) is 15.9 Å². The summed E-state index contributed by atoms with van der Waals surface area (Å²) in [6.07, 6.45) is 1.54. The molecule has 0 aliphatic carbocycles. The van der Waals surface area contributed by atoms with Gasteiger partial charge in [0, 0.05) is 6.54 Å². The summed E-state index contributed by atoms with van der Waals surface area (Å²) in [6, 6.07) is 12.1. The van der Waals surface area contributed by atoms with Crippen LogP contribution in [0.3, 0.4) is 0 Å². The van der Waals surface area contributed by atoms with Crippen LogP contribution in [0.15, 0.2) is 42.5 Å². The largest absolute Gasteiger partial charge is 0.491 e. The summed E-state index contributed by atoms with van der Waals surface area (Å²) < 4.78 is 32.1. The van der Waals surface area contributed by atoms with Gasteiger partial charge >= 0.3 is 0 Å². The number of benzene rings is 2. The standard InChI is InChI=1S/C23H32N2O4S/c1-7-22(25(30(6,27)28)20-12-11-17(4)18(5)13-20)23(26)24-15-19-9-8-10-21(14-19)29-16(2)3/h8-14,16,22H,7,15H2,1-6H3,(H,24,26)/t22-/m1/s1. The van der Waals surface area contributed by atoms with Crippen LogP contribution in [0.2, 0.25) is 0 Å². The minimum atomic E-state index is -3.65. The van der Waals surface area contributed by atoms with E-state index in [4.69, 9.17) is 4.74 Å². The van der Waals surface area contributed by atoms with Gasteiger partial charge < -0.3 is 10.1 Å². The Morgan fingerprint density at radius 2 is 1.80 bits per heavy atom. The number of carbonyl (C=O) groups is 1. The normalized spacial score (nSPS) is 12.5. The van der Waals surface area contributed by atoms with Crippen molar-refractivity contribution in [3.05, 3.63) is 59.2 Å². The van der Waals surface area contributed by atoms with Gasteiger partial charge in [-0.2, -0.15) is 0 Å². The number of hydrogen-bond donors (Lipinski definition) is 1. The van der Waals surface area contributed by atoms with Crippen LogP contribution in [0.1, 0.15) is 43.9 Å². The molecule has 1 atom stereocenters. The van der Waals surface area contributed by atoms with E-state index in [9.17, 15) is 13.2 Å². The molecular formula is C23H32N2O4S. The Morgan fingerprint density at radius 3 is 2.37 bits per heavy atom. The van der Waals surface area contributed by atoms with Gasteiger partial charge in [0.15, 0.2) is 0 Å². The molecule has 6 nitrogen and oxygen atoms in total. The fourth-order valence-electron chi connectivity index (χ4n) is 3.23. The smallest absolute Gasteiger partial charge is 0.244 e. The van der Waals surface area contributed by atoms with E-state index in [1.165, 1.54) is 4.31 Å². The van der Waals surface area contributed by atoms with Crippen molar-refractivity contribution >= 4 is 21.6 Å². The van der Waals surface area contributed by atoms with Gasteiger partial charge in [-0.1, -0.05) is 25.1 Å². The van der Waals surface area contributed by atoms with Crippen molar-refractivity contribution in [2.24, 2.45) is 0 Å². The van der Waals surface area contributed by atoms with Crippen molar-refractivity contribution in [1.29, 1.82) is 0 Å². The molecule has 2 rings (SSSR count). The molecule has 1 N–H and O–H groups in total. The zero-order valence-corrected chi connectivity index (χ0v) is 19.4. The van der Waals surface area contributed by atoms with Gasteiger partial charge in [0.25, 0.3) is 0 Å². The number of sulfonamides is 1. The molecule has 0 fully saturated rings. The SMILES string of the molecule is CC[C@H](C(=O)NCc1cccc(OC(C)C)c1)N(c1ccc(C)c(C)c1)S(C)(=O)=O. The fraction of sp³-hybridized carbons (Fsp3) is 0.435. The molecule has 1 amide bonds. The van der Waals surface area contributed by atoms with Crippen molar-refractivity contribution in [2.75, 3.05) is 10.6 Å². The fourth-order valence-corrected chi connectivity index (χ4v) is 4.43. The van der Waals surface area contributed by atoms with Gasteiger partial charge in [-0.3, -0.25) is 9.10 Å². The molecule has 2 aromatic carbocycles. The molecule has 0 bridgehead atoms. The number of rotatable bonds is 9. The lowest BCUT2D eigenvalue weighted by atomic mass is 10.1. The second-order valence-electron chi connectivity index (χ2n) is 7.78. The number of carbonyl (C=O) groups excluding carboxylic acids is 1. The molecular weight excluding hydrogens is 400 g/mol. The maximum Gasteiger partial charge on any atom is 0.244 e. The van der Waals surface area contributed by atoms with Crippen molar-refractivity contribution in [3.8, 4) is 5.75 Å². The number of ether oxygens (including phenoxy) is 1. The van der Waals surface area contributed by atoms with Gasteiger partial charge in [-0.25, -0.2) is 8.42 Å². The molecule has 164 valence electrons. The zero-order chi connectivity index (χ0) is 22.5. The molecule has 0 aromatic heterocycles. The van der Waals surface area contributed by atoms with E-state index >= 15 is 0 Å². The summed E-state index contributed by atoms with van der Waals surface area (Å²) in [7, 11) is -3.65. The molecule has 0 saturated carbocycles. The Hall–Kier alpha value is -2.54. The number of amides is 1. The summed E-state index contributed by atoms with van der Waals surface area (Å²) in [5.74, 6) is 0.396. The highest BCUT2D eigenvalue weighted by Gasteiger charge is 2.31. The first-order valence-electron chi connectivity index (χ1n) is 10.1. The minimum Gasteiger partial charge on any atom is -0.491 e. The third-order valence-corrected chi connectivity index (χ3v) is 5.99. The molecule has 30 heavy (non-hydrogen) atoms. The minimum absolute atomic E-state index is 0.0561. The van der Waals surface area contributed by atoms with Crippen molar-refractivity contribution in [1.82, 2.24) is 5.32 Å². The number of aryl methyl sites for hydroxylation is 2. The Morgan fingerprint density at radius 1 is 1.10 bits per heavy atom. The third-order valence-electron chi connectivity index (χ3n) is 4.81. The van der Waals surface area contributed by atoms with Gasteiger partial charge in [0.1, 0.15) is 11.8 Å². The number of anilines is 1. The molecule has 2 aromatic rings. The van der Waals surface area contributed by atoms with Crippen molar-refractivity contribution in [3.63, 3.8) is 0 Å². The van der Waals surface area contributed by atoms with Gasteiger partial charge in [-0.15, -0.1) is 0 Å². The predicted octanol–water partition coefficient (Wildman–Crippen LogP) is 3.95. The van der Waals surface area contributed by atoms with E-state index in [-0.39, 0.29) is 18.6 Å². The quantitative estimate of drug-likeness (QED) is 0.651. The first kappa shape index (κ1) is 23.7. The molecule has 7 heteroatoms. The third kappa shape index (κ3) is 6.23. The summed E-state index contributed by atoms with van der Waals surface area (Å²) in [6.45, 7) is 9.88. The highest BCUT2D eigenvalue weighted by Crippen LogP contribution is 2.25. The molecule has 0 heterocycles. The maximum atomic E-state index is 13.0. The van der Waals surface area contributed by atoms with Crippen LogP contribution in [0.4, 0.5) is 5.69 Å². The zero-order valence-electron chi connectivity index (χ0n) is 18.6. The first-order valence-corrected chi connectivity index (χ1v) is 12.0. The summed E-state index contributed by atoms with van der Waals surface area (Å²) >= 11 is 0. The van der Waals surface area contributed by atoms with E-state index in [1.54, 1.807) is 19.1 Å². The Bertz CT molecular complexity index is 986. The average molecular weight is 433 g/mol. The van der Waals surface area contributed by atoms with Crippen LogP contribution in [0.5, 0.6) is 5.75 Å². The van der Waals surface area contributed by atoms with E-state index in [0.717, 1.165) is 28.7 Å². The van der Waals surface area contributed by atoms with Crippen LogP contribution < -0.4 is 14.4 Å². The Kier molecular flexibility index (Phi) is 7.89. The lowest BCUT2D eigenvalue weighted by Crippen LogP contribution is -2.49. The Balaban J connectivity index is 2.23. The number of nitrogens with zero attached hydrogens (tertiary/aromatic N) is 1. The summed E-state index contributed by atoms with van der Waals surface area (Å²) in [4.78, 5) is 13.0. The highest BCUT2D eigenvalue weighted by molar-refractivity contribution is 7.92. The Labute approximate surface area is 180 Å². The average Bonchev–Trinajstić information content (AvgIpc) is 2.65. The topological polar surface area (TPSA) is 75.7 Å². The van der Waals surface area contributed by atoms with Crippen LogP contribution in [0, 0.1) is 13.8 Å². The van der Waals surface area contributed by atoms with Crippen molar-refractivity contribution < 1.29 is 17.9 Å². The van der Waals surface area contributed by atoms with Crippen LogP contribution in [-0.4, -0.2) is 32.7 Å². The highest BCUT2D eigenvalue weighted by atomic mass is 32.2. The van der Waals surface area contributed by atoms with E-state index < -0.39 is 16.1 Å². The van der Waals surface area contributed by atoms with Crippen molar-refractivity contribution in [2.45, 2.75) is 59.7 Å². The monoisotopic (exact) mass is 432 g/mol. The molecule has 0 unspecified atom stereocenters. The lowest BCUT2D eigenvalue weighted by molar-refractivity contribution is -0.122. The maximum absolute atomic E-state index is 13.0. The number of hydrogen-bond acceptors (Lipinski definition) is 4. The van der Waals surface area contributed by atoms with E-state index in [0.29, 0.717) is 12.1 Å². The summed E-state index contributed by atoms with van der Waals surface area (Å²) in [5.41, 5.74) is 3.41. The molecule has 0 radical (unpaired) electrons. The van der Waals surface area contributed by atoms with E-state index in [2.05, 4.69) is 5.32 Å². The first-order chi connectivity index (χ1) is 14.0. The second kappa shape index (κ2) is 9.98. The van der Waals surface area contributed by atoms with Gasteiger partial charge in [0.05, 0.1) is 18.0 Å². The van der Waals surface area contributed by atoms with Crippen LogP contribution in [0.25, 0.3) is 0 Å². The van der Waals surface area contributed by atoms with Crippen LogP contribution >= 0.6 is 0 Å². The summed E-state index contributed by atoms with van der Waals surface area (Å²) in [5, 5.41) is 2.88. The molecule has 0 aliphatic heterocycles. The molecule has 0 aliphatic rings.